The highest BCUT2D eigenvalue weighted by molar-refractivity contribution is 14.1. The van der Waals surface area contributed by atoms with E-state index >= 15 is 0 Å². The summed E-state index contributed by atoms with van der Waals surface area (Å²) in [4.78, 5) is 23.4. The first-order valence-corrected chi connectivity index (χ1v) is 6.93. The Morgan fingerprint density at radius 3 is 2.74 bits per heavy atom. The number of methoxy groups -OCH3 is 1. The van der Waals surface area contributed by atoms with Gasteiger partial charge in [-0.15, -0.1) is 0 Å². The zero-order valence-electron chi connectivity index (χ0n) is 11.0. The van der Waals surface area contributed by atoms with Crippen LogP contribution in [0.25, 0.3) is 0 Å². The minimum Gasteiger partial charge on any atom is -0.383 e. The molecule has 0 aromatic heterocycles. The molecule has 6 heteroatoms. The minimum atomic E-state index is -0.241. The standard InChI is InChI=1S/C13H17IN2O3/c1-9-4-3-5-10(12(9)14)13(18)16-8-11(17)15-6-7-19-2/h3-5H,6-8H2,1-2H3,(H,15,17)(H,16,18). The summed E-state index contributed by atoms with van der Waals surface area (Å²) < 4.78 is 5.71. The second-order valence-corrected chi connectivity index (χ2v) is 5.04. The maximum Gasteiger partial charge on any atom is 0.252 e. The van der Waals surface area contributed by atoms with Crippen molar-refractivity contribution in [3.05, 3.63) is 32.9 Å². The molecule has 0 fully saturated rings. The van der Waals surface area contributed by atoms with E-state index in [0.717, 1.165) is 9.13 Å². The van der Waals surface area contributed by atoms with Crippen molar-refractivity contribution in [1.82, 2.24) is 10.6 Å². The molecule has 1 aromatic rings. The molecule has 5 nitrogen and oxygen atoms in total. The lowest BCUT2D eigenvalue weighted by Crippen LogP contribution is -2.38. The Labute approximate surface area is 126 Å². The highest BCUT2D eigenvalue weighted by atomic mass is 127. The van der Waals surface area contributed by atoms with Crippen LogP contribution in [0.5, 0.6) is 0 Å². The maximum atomic E-state index is 11.9. The molecule has 0 atom stereocenters. The second-order valence-electron chi connectivity index (χ2n) is 3.96. The predicted octanol–water partition coefficient (Wildman–Crippen LogP) is 1.09. The van der Waals surface area contributed by atoms with Crippen molar-refractivity contribution < 1.29 is 14.3 Å². The number of nitrogens with one attached hydrogen (secondary N) is 2. The first-order chi connectivity index (χ1) is 9.06. The summed E-state index contributed by atoms with van der Waals surface area (Å²) >= 11 is 2.13. The lowest BCUT2D eigenvalue weighted by molar-refractivity contribution is -0.120. The quantitative estimate of drug-likeness (QED) is 0.577. The van der Waals surface area contributed by atoms with Crippen molar-refractivity contribution in [3.63, 3.8) is 0 Å². The van der Waals surface area contributed by atoms with E-state index in [1.54, 1.807) is 13.2 Å². The van der Waals surface area contributed by atoms with Gasteiger partial charge < -0.3 is 15.4 Å². The highest BCUT2D eigenvalue weighted by Crippen LogP contribution is 2.16. The van der Waals surface area contributed by atoms with Gasteiger partial charge in [0.05, 0.1) is 18.7 Å². The van der Waals surface area contributed by atoms with E-state index in [9.17, 15) is 9.59 Å². The number of ether oxygens (including phenoxy) is 1. The monoisotopic (exact) mass is 376 g/mol. The summed E-state index contributed by atoms with van der Waals surface area (Å²) in [6.07, 6.45) is 0. The molecule has 0 unspecified atom stereocenters. The third-order valence-corrected chi connectivity index (χ3v) is 3.91. The number of amides is 2. The summed E-state index contributed by atoms with van der Waals surface area (Å²) in [5.74, 6) is -0.469. The topological polar surface area (TPSA) is 67.4 Å². The fourth-order valence-corrected chi connectivity index (χ4v) is 2.04. The third kappa shape index (κ3) is 5.15. The second kappa shape index (κ2) is 8.11. The van der Waals surface area contributed by atoms with Crippen molar-refractivity contribution in [2.24, 2.45) is 0 Å². The smallest absolute Gasteiger partial charge is 0.252 e. The van der Waals surface area contributed by atoms with Gasteiger partial charge in [0.2, 0.25) is 5.91 Å². The van der Waals surface area contributed by atoms with E-state index in [4.69, 9.17) is 4.74 Å². The number of hydrogen-bond donors (Lipinski definition) is 2. The van der Waals surface area contributed by atoms with Crippen LogP contribution < -0.4 is 10.6 Å². The van der Waals surface area contributed by atoms with Crippen molar-refractivity contribution in [2.45, 2.75) is 6.92 Å². The van der Waals surface area contributed by atoms with Gasteiger partial charge in [-0.05, 0) is 41.1 Å². The van der Waals surface area contributed by atoms with Gasteiger partial charge in [-0.1, -0.05) is 12.1 Å². The molecule has 0 bridgehead atoms. The van der Waals surface area contributed by atoms with Gasteiger partial charge in [-0.3, -0.25) is 9.59 Å². The van der Waals surface area contributed by atoms with E-state index in [0.29, 0.717) is 18.7 Å². The Hall–Kier alpha value is -1.15. The van der Waals surface area contributed by atoms with Crippen LogP contribution in [-0.4, -0.2) is 38.6 Å². The van der Waals surface area contributed by atoms with E-state index in [1.165, 1.54) is 0 Å². The molecule has 0 saturated carbocycles. The molecule has 2 amide bonds. The molecule has 1 rings (SSSR count). The lowest BCUT2D eigenvalue weighted by Gasteiger charge is -2.09. The van der Waals surface area contributed by atoms with E-state index in [-0.39, 0.29) is 18.4 Å². The van der Waals surface area contributed by atoms with Gasteiger partial charge in [-0.2, -0.15) is 0 Å². The molecule has 1 aromatic carbocycles. The van der Waals surface area contributed by atoms with Crippen LogP contribution in [0.15, 0.2) is 18.2 Å². The van der Waals surface area contributed by atoms with Crippen LogP contribution in [-0.2, 0) is 9.53 Å². The van der Waals surface area contributed by atoms with E-state index in [1.807, 2.05) is 19.1 Å². The summed E-state index contributed by atoms with van der Waals surface area (Å²) in [6.45, 7) is 2.80. The van der Waals surface area contributed by atoms with Crippen molar-refractivity contribution in [2.75, 3.05) is 26.8 Å². The molecule has 0 heterocycles. The van der Waals surface area contributed by atoms with Gasteiger partial charge in [-0.25, -0.2) is 0 Å². The Kier molecular flexibility index (Phi) is 6.79. The van der Waals surface area contributed by atoms with Crippen molar-refractivity contribution in [1.29, 1.82) is 0 Å². The molecule has 2 N–H and O–H groups in total. The molecule has 104 valence electrons. The molecule has 0 spiro atoms. The number of hydrogen-bond acceptors (Lipinski definition) is 3. The van der Waals surface area contributed by atoms with Crippen molar-refractivity contribution in [3.8, 4) is 0 Å². The first kappa shape index (κ1) is 15.9. The molecule has 0 saturated heterocycles. The molecule has 0 radical (unpaired) electrons. The molecule has 19 heavy (non-hydrogen) atoms. The SMILES string of the molecule is COCCNC(=O)CNC(=O)c1cccc(C)c1I. The fraction of sp³-hybridized carbons (Fsp3) is 0.385. The van der Waals surface area contributed by atoms with E-state index < -0.39 is 0 Å². The maximum absolute atomic E-state index is 11.9. The van der Waals surface area contributed by atoms with Gasteiger partial charge in [0, 0.05) is 17.2 Å². The molecular formula is C13H17IN2O3. The summed E-state index contributed by atoms with van der Waals surface area (Å²) in [7, 11) is 1.56. The largest absolute Gasteiger partial charge is 0.383 e. The number of halogens is 1. The Morgan fingerprint density at radius 2 is 2.05 bits per heavy atom. The van der Waals surface area contributed by atoms with Crippen LogP contribution in [0, 0.1) is 10.5 Å². The Morgan fingerprint density at radius 1 is 1.32 bits per heavy atom. The highest BCUT2D eigenvalue weighted by Gasteiger charge is 2.12. The van der Waals surface area contributed by atoms with Crippen LogP contribution in [0.2, 0.25) is 0 Å². The molecule has 0 aliphatic heterocycles. The average molecular weight is 376 g/mol. The zero-order valence-corrected chi connectivity index (χ0v) is 13.1. The van der Waals surface area contributed by atoms with E-state index in [2.05, 4.69) is 33.2 Å². The van der Waals surface area contributed by atoms with Gasteiger partial charge in [0.25, 0.3) is 5.91 Å². The van der Waals surface area contributed by atoms with Gasteiger partial charge in [0.15, 0.2) is 0 Å². The normalized spacial score (nSPS) is 10.1. The third-order valence-electron chi connectivity index (χ3n) is 2.47. The van der Waals surface area contributed by atoms with Gasteiger partial charge in [0.1, 0.15) is 0 Å². The molecular weight excluding hydrogens is 359 g/mol. The average Bonchev–Trinajstić information content (AvgIpc) is 2.39. The van der Waals surface area contributed by atoms with Crippen LogP contribution in [0.4, 0.5) is 0 Å². The van der Waals surface area contributed by atoms with Crippen LogP contribution in [0.1, 0.15) is 15.9 Å². The Bertz CT molecular complexity index is 463. The minimum absolute atomic E-state index is 0.0351. The summed E-state index contributed by atoms with van der Waals surface area (Å²) in [6, 6.07) is 5.51. The number of benzene rings is 1. The Balaban J connectivity index is 2.47. The number of rotatable bonds is 6. The zero-order chi connectivity index (χ0) is 14.3. The fourth-order valence-electron chi connectivity index (χ4n) is 1.43. The number of carbonyl (C=O) groups excluding carboxylic acids is 2. The van der Waals surface area contributed by atoms with Crippen LogP contribution in [0.3, 0.4) is 0 Å². The van der Waals surface area contributed by atoms with Crippen molar-refractivity contribution >= 4 is 34.4 Å². The lowest BCUT2D eigenvalue weighted by atomic mass is 10.1. The summed E-state index contributed by atoms with van der Waals surface area (Å²) in [5.41, 5.74) is 1.63. The van der Waals surface area contributed by atoms with Gasteiger partial charge >= 0.3 is 0 Å². The van der Waals surface area contributed by atoms with Crippen LogP contribution >= 0.6 is 22.6 Å². The number of aryl methyl sites for hydroxylation is 1. The predicted molar refractivity (Wildman–Crippen MR) is 81.1 cm³/mol. The molecule has 0 aliphatic carbocycles. The summed E-state index contributed by atoms with van der Waals surface area (Å²) in [5, 5.41) is 5.23. The molecule has 0 aliphatic rings. The first-order valence-electron chi connectivity index (χ1n) is 5.85. The number of carbonyl (C=O) groups is 2.